The van der Waals surface area contributed by atoms with Crippen molar-refractivity contribution in [2.75, 3.05) is 0 Å². The van der Waals surface area contributed by atoms with Gasteiger partial charge in [0, 0.05) is 0 Å². The van der Waals surface area contributed by atoms with E-state index in [1.807, 2.05) is 12.1 Å². The summed E-state index contributed by atoms with van der Waals surface area (Å²) in [5.74, 6) is 0. The minimum absolute atomic E-state index is 0.208. The SMILES string of the molecule is C[Si](C)=[Hf]([Cl])[Cl].[c-]1cccc2c1Cc1ccccc1-2.[c-]1cccc2c1Cc1ccccc1-2. The second-order valence-corrected chi connectivity index (χ2v) is 39.8. The van der Waals surface area contributed by atoms with E-state index in [1.165, 1.54) is 44.5 Å². The first-order chi connectivity index (χ1) is 15.5. The van der Waals surface area contributed by atoms with E-state index in [9.17, 15) is 0 Å². The summed E-state index contributed by atoms with van der Waals surface area (Å²) >= 11 is -1.78. The van der Waals surface area contributed by atoms with Crippen LogP contribution in [0.2, 0.25) is 13.1 Å². The van der Waals surface area contributed by atoms with Crippen LogP contribution in [0.3, 0.4) is 0 Å². The summed E-state index contributed by atoms with van der Waals surface area (Å²) < 4.78 is 0. The molecule has 0 atom stereocenters. The summed E-state index contributed by atoms with van der Waals surface area (Å²) in [6.07, 6.45) is 2.10. The number of hydrogen-bond acceptors (Lipinski definition) is 0. The van der Waals surface area contributed by atoms with Crippen LogP contribution in [0.4, 0.5) is 0 Å². The second kappa shape index (κ2) is 11.1. The first kappa shape index (κ1) is 23.7. The molecule has 0 amide bonds. The van der Waals surface area contributed by atoms with Crippen LogP contribution in [0.15, 0.2) is 84.9 Å². The largest absolute Gasteiger partial charge is 0.179 e. The van der Waals surface area contributed by atoms with Gasteiger partial charge in [-0.2, -0.15) is 59.7 Å². The van der Waals surface area contributed by atoms with E-state index < -0.39 is 17.7 Å². The quantitative estimate of drug-likeness (QED) is 0.116. The molecule has 0 saturated carbocycles. The molecule has 0 fully saturated rings. The van der Waals surface area contributed by atoms with Crippen LogP contribution >= 0.6 is 17.2 Å². The van der Waals surface area contributed by atoms with Crippen LogP contribution < -0.4 is 0 Å². The van der Waals surface area contributed by atoms with Gasteiger partial charge in [-0.3, -0.25) is 0 Å². The van der Waals surface area contributed by atoms with Crippen molar-refractivity contribution in [1.82, 2.24) is 0 Å². The number of hydrogen-bond donors (Lipinski definition) is 0. The second-order valence-electron chi connectivity index (χ2n) is 8.05. The minimum Gasteiger partial charge on any atom is -0.179 e. The molecule has 0 heterocycles. The third-order valence-corrected chi connectivity index (χ3v) is 33.1. The van der Waals surface area contributed by atoms with Crippen LogP contribution in [0.25, 0.3) is 22.3 Å². The van der Waals surface area contributed by atoms with Gasteiger partial charge in [0.05, 0.1) is 0 Å². The summed E-state index contributed by atoms with van der Waals surface area (Å²) in [5, 5.41) is 0. The van der Waals surface area contributed by atoms with E-state index in [2.05, 4.69) is 98.0 Å². The Kier molecular flexibility index (Phi) is 8.23. The van der Waals surface area contributed by atoms with Crippen molar-refractivity contribution in [3.63, 3.8) is 0 Å². The average Bonchev–Trinajstić information content (AvgIpc) is 3.38. The summed E-state index contributed by atoms with van der Waals surface area (Å²) in [5.41, 5.74) is 10.8. The number of benzene rings is 4. The van der Waals surface area contributed by atoms with E-state index in [-0.39, 0.29) is 5.49 Å². The normalized spacial score (nSPS) is 11.5. The van der Waals surface area contributed by atoms with Crippen molar-refractivity contribution in [1.29, 1.82) is 0 Å². The molecule has 0 unspecified atom stereocenters. The van der Waals surface area contributed by atoms with Gasteiger partial charge in [0.1, 0.15) is 0 Å². The number of fused-ring (bicyclic) bond motifs is 6. The van der Waals surface area contributed by atoms with Crippen molar-refractivity contribution >= 4 is 22.6 Å². The molecule has 0 bridgehead atoms. The molecular formula is C28H24Cl2HfSi-2. The molecule has 4 aromatic rings. The van der Waals surface area contributed by atoms with Gasteiger partial charge in [0.2, 0.25) is 0 Å². The van der Waals surface area contributed by atoms with Crippen molar-refractivity contribution in [3.05, 3.63) is 119 Å². The molecule has 0 nitrogen and oxygen atoms in total. The molecule has 160 valence electrons. The zero-order valence-corrected chi connectivity index (χ0v) is 24.4. The molecule has 2 aliphatic rings. The summed E-state index contributed by atoms with van der Waals surface area (Å²) in [6, 6.07) is 36.2. The van der Waals surface area contributed by atoms with Gasteiger partial charge in [-0.25, -0.2) is 0 Å². The molecule has 6 rings (SSSR count). The van der Waals surface area contributed by atoms with Crippen LogP contribution in [0, 0.1) is 12.1 Å². The number of halogens is 2. The molecule has 0 aliphatic heterocycles. The molecule has 4 aromatic carbocycles. The maximum absolute atomic E-state index is 5.64. The van der Waals surface area contributed by atoms with Crippen molar-refractivity contribution in [3.8, 4) is 22.3 Å². The fourth-order valence-corrected chi connectivity index (χ4v) is 4.00. The van der Waals surface area contributed by atoms with E-state index in [0.29, 0.717) is 0 Å². The first-order valence-electron chi connectivity index (χ1n) is 10.7. The molecular weight excluding hydrogens is 614 g/mol. The number of rotatable bonds is 0. The fourth-order valence-electron chi connectivity index (χ4n) is 4.00. The molecule has 0 N–H and O–H groups in total. The molecule has 0 saturated heterocycles. The Labute approximate surface area is 206 Å². The van der Waals surface area contributed by atoms with Crippen molar-refractivity contribution in [2.24, 2.45) is 0 Å². The van der Waals surface area contributed by atoms with Gasteiger partial charge >= 0.3 is 53.4 Å². The van der Waals surface area contributed by atoms with E-state index in [0.717, 1.165) is 12.8 Å². The Morgan fingerprint density at radius 2 is 1.00 bits per heavy atom. The Hall–Kier alpha value is -1.45. The Balaban J connectivity index is 0.000000124. The smallest absolute Gasteiger partial charge is 0.0253 e. The standard InChI is InChI=1S/2C13H9.C2H6Si.2ClH.Hf/c2*1-3-7-12-10(5-1)9-11-6-2-4-8-13(11)12;1-3-2;;;/h2*1-5,7-8H,9H2;1-2H3;2*1H;/q2*-1;;;;+2/p-2. The van der Waals surface area contributed by atoms with E-state index in [4.69, 9.17) is 17.2 Å². The molecule has 2 aliphatic carbocycles. The van der Waals surface area contributed by atoms with Gasteiger partial charge < -0.3 is 0 Å². The van der Waals surface area contributed by atoms with Gasteiger partial charge in [-0.05, 0) is 12.8 Å². The maximum atomic E-state index is 5.64. The van der Waals surface area contributed by atoms with Crippen LogP contribution in [-0.2, 0) is 30.5 Å². The zero-order chi connectivity index (χ0) is 22.5. The molecule has 4 heteroatoms. The van der Waals surface area contributed by atoms with Gasteiger partial charge in [-0.1, -0.05) is 70.8 Å². The summed E-state index contributed by atoms with van der Waals surface area (Å²) in [6.45, 7) is 4.35. The Bertz CT molecular complexity index is 1090. The van der Waals surface area contributed by atoms with E-state index in [1.54, 1.807) is 0 Å². The van der Waals surface area contributed by atoms with Crippen LogP contribution in [-0.4, -0.2) is 5.49 Å². The molecule has 0 radical (unpaired) electrons. The third kappa shape index (κ3) is 5.54. The maximum Gasteiger partial charge on any atom is -0.0253 e. The van der Waals surface area contributed by atoms with E-state index >= 15 is 0 Å². The fraction of sp³-hybridized carbons (Fsp3) is 0.143. The summed E-state index contributed by atoms with van der Waals surface area (Å²) in [7, 11) is 11.3. The topological polar surface area (TPSA) is 0 Å². The zero-order valence-electron chi connectivity index (χ0n) is 18.3. The van der Waals surface area contributed by atoms with Crippen molar-refractivity contribution < 1.29 is 17.7 Å². The third-order valence-electron chi connectivity index (χ3n) is 5.61. The van der Waals surface area contributed by atoms with Gasteiger partial charge in [0.25, 0.3) is 0 Å². The van der Waals surface area contributed by atoms with Crippen LogP contribution in [0.1, 0.15) is 22.3 Å². The molecule has 0 spiro atoms. The monoisotopic (exact) mass is 638 g/mol. The van der Waals surface area contributed by atoms with Crippen LogP contribution in [0.5, 0.6) is 0 Å². The van der Waals surface area contributed by atoms with Gasteiger partial charge in [-0.15, -0.1) is 11.1 Å². The van der Waals surface area contributed by atoms with Gasteiger partial charge in [0.15, 0.2) is 0 Å². The average molecular weight is 638 g/mol. The Morgan fingerprint density at radius 3 is 1.41 bits per heavy atom. The van der Waals surface area contributed by atoms with Crippen molar-refractivity contribution in [2.45, 2.75) is 25.9 Å². The predicted molar refractivity (Wildman–Crippen MR) is 136 cm³/mol. The molecule has 0 aromatic heterocycles. The first-order valence-corrected chi connectivity index (χ1v) is 27.5. The molecule has 32 heavy (non-hydrogen) atoms. The predicted octanol–water partition coefficient (Wildman–Crippen LogP) is 8.28. The summed E-state index contributed by atoms with van der Waals surface area (Å²) in [4.78, 5) is 0. The minimum atomic E-state index is -1.78. The Morgan fingerprint density at radius 1 is 0.625 bits per heavy atom.